The average Bonchev–Trinajstić information content (AvgIpc) is 2.30. The topological polar surface area (TPSA) is 37.3 Å². The SMILES string of the molecule is O=C(O)C1CC(F)CCC1c1ccccc1. The molecule has 0 bridgehead atoms. The number of carboxylic acids is 1. The summed E-state index contributed by atoms with van der Waals surface area (Å²) in [7, 11) is 0. The highest BCUT2D eigenvalue weighted by molar-refractivity contribution is 5.71. The molecule has 3 heteroatoms. The molecule has 0 radical (unpaired) electrons. The molecular weight excluding hydrogens is 207 g/mol. The van der Waals surface area contributed by atoms with Crippen LogP contribution in [0.25, 0.3) is 0 Å². The van der Waals surface area contributed by atoms with Crippen LogP contribution in [0.5, 0.6) is 0 Å². The molecule has 0 spiro atoms. The van der Waals surface area contributed by atoms with Crippen LogP contribution < -0.4 is 0 Å². The molecule has 3 unspecified atom stereocenters. The van der Waals surface area contributed by atoms with Gasteiger partial charge in [0, 0.05) is 0 Å². The van der Waals surface area contributed by atoms with E-state index in [2.05, 4.69) is 0 Å². The summed E-state index contributed by atoms with van der Waals surface area (Å²) in [4.78, 5) is 11.1. The Hall–Kier alpha value is -1.38. The van der Waals surface area contributed by atoms with Gasteiger partial charge in [-0.3, -0.25) is 4.79 Å². The summed E-state index contributed by atoms with van der Waals surface area (Å²) in [5.74, 6) is -1.49. The highest BCUT2D eigenvalue weighted by Crippen LogP contribution is 2.38. The molecule has 1 aliphatic rings. The molecule has 0 aliphatic heterocycles. The van der Waals surface area contributed by atoms with Crippen molar-refractivity contribution < 1.29 is 14.3 Å². The van der Waals surface area contributed by atoms with Crippen molar-refractivity contribution in [3.63, 3.8) is 0 Å². The fourth-order valence-corrected chi connectivity index (χ4v) is 2.49. The Kier molecular flexibility index (Phi) is 3.22. The van der Waals surface area contributed by atoms with Gasteiger partial charge in [-0.25, -0.2) is 4.39 Å². The Morgan fingerprint density at radius 2 is 1.94 bits per heavy atom. The molecule has 1 fully saturated rings. The molecule has 16 heavy (non-hydrogen) atoms. The number of halogens is 1. The van der Waals surface area contributed by atoms with Crippen molar-refractivity contribution in [3.05, 3.63) is 35.9 Å². The van der Waals surface area contributed by atoms with Gasteiger partial charge in [-0.05, 0) is 30.7 Å². The van der Waals surface area contributed by atoms with Crippen LogP contribution in [0.15, 0.2) is 30.3 Å². The van der Waals surface area contributed by atoms with E-state index in [4.69, 9.17) is 5.11 Å². The fraction of sp³-hybridized carbons (Fsp3) is 0.462. The molecule has 0 amide bonds. The lowest BCUT2D eigenvalue weighted by Gasteiger charge is -2.30. The van der Waals surface area contributed by atoms with E-state index < -0.39 is 18.1 Å². The van der Waals surface area contributed by atoms with Gasteiger partial charge in [0.05, 0.1) is 5.92 Å². The Morgan fingerprint density at radius 3 is 2.56 bits per heavy atom. The number of benzene rings is 1. The van der Waals surface area contributed by atoms with E-state index in [1.807, 2.05) is 30.3 Å². The van der Waals surface area contributed by atoms with Crippen molar-refractivity contribution in [2.24, 2.45) is 5.92 Å². The number of carboxylic acid groups (broad SMARTS) is 1. The first kappa shape index (κ1) is 11.1. The van der Waals surface area contributed by atoms with E-state index in [-0.39, 0.29) is 12.3 Å². The maximum atomic E-state index is 13.2. The van der Waals surface area contributed by atoms with Gasteiger partial charge in [0.25, 0.3) is 0 Å². The van der Waals surface area contributed by atoms with Gasteiger partial charge in [0.15, 0.2) is 0 Å². The normalized spacial score (nSPS) is 29.9. The first-order valence-electron chi connectivity index (χ1n) is 5.60. The summed E-state index contributed by atoms with van der Waals surface area (Å²) in [5.41, 5.74) is 1.02. The second-order valence-electron chi connectivity index (χ2n) is 4.37. The summed E-state index contributed by atoms with van der Waals surface area (Å²) >= 11 is 0. The predicted molar refractivity (Wildman–Crippen MR) is 59.1 cm³/mol. The quantitative estimate of drug-likeness (QED) is 0.835. The molecule has 2 rings (SSSR count). The third-order valence-corrected chi connectivity index (χ3v) is 3.33. The van der Waals surface area contributed by atoms with Gasteiger partial charge < -0.3 is 5.11 Å². The first-order valence-corrected chi connectivity index (χ1v) is 5.60. The van der Waals surface area contributed by atoms with E-state index in [9.17, 15) is 9.18 Å². The standard InChI is InChI=1S/C13H15FO2/c14-10-6-7-11(12(8-10)13(15)16)9-4-2-1-3-5-9/h1-5,10-12H,6-8H2,(H,15,16). The molecule has 1 saturated carbocycles. The molecule has 0 heterocycles. The minimum Gasteiger partial charge on any atom is -0.481 e. The van der Waals surface area contributed by atoms with Crippen LogP contribution >= 0.6 is 0 Å². The molecule has 1 N–H and O–H groups in total. The lowest BCUT2D eigenvalue weighted by atomic mass is 9.75. The van der Waals surface area contributed by atoms with Crippen molar-refractivity contribution in [2.75, 3.05) is 0 Å². The number of alkyl halides is 1. The summed E-state index contributed by atoms with van der Waals surface area (Å²) in [5, 5.41) is 9.12. The van der Waals surface area contributed by atoms with Gasteiger partial charge in [0.2, 0.25) is 0 Å². The largest absolute Gasteiger partial charge is 0.481 e. The zero-order chi connectivity index (χ0) is 11.5. The van der Waals surface area contributed by atoms with Crippen LogP contribution in [-0.2, 0) is 4.79 Å². The lowest BCUT2D eigenvalue weighted by molar-refractivity contribution is -0.144. The summed E-state index contributed by atoms with van der Waals surface area (Å²) in [6.07, 6.45) is 0.293. The fourth-order valence-electron chi connectivity index (χ4n) is 2.49. The predicted octanol–water partition coefficient (Wildman–Crippen LogP) is 2.99. The number of rotatable bonds is 2. The van der Waals surface area contributed by atoms with Gasteiger partial charge in [0.1, 0.15) is 6.17 Å². The number of hydrogen-bond acceptors (Lipinski definition) is 1. The monoisotopic (exact) mass is 222 g/mol. The molecule has 0 saturated heterocycles. The van der Waals surface area contributed by atoms with Crippen molar-refractivity contribution in [3.8, 4) is 0 Å². The van der Waals surface area contributed by atoms with Crippen molar-refractivity contribution in [1.29, 1.82) is 0 Å². The van der Waals surface area contributed by atoms with Gasteiger partial charge >= 0.3 is 5.97 Å². The summed E-state index contributed by atoms with van der Waals surface area (Å²) < 4.78 is 13.2. The maximum Gasteiger partial charge on any atom is 0.307 e. The van der Waals surface area contributed by atoms with Gasteiger partial charge in [-0.1, -0.05) is 30.3 Å². The van der Waals surface area contributed by atoms with E-state index in [0.717, 1.165) is 5.56 Å². The highest BCUT2D eigenvalue weighted by atomic mass is 19.1. The zero-order valence-electron chi connectivity index (χ0n) is 8.97. The minimum atomic E-state index is -0.957. The Labute approximate surface area is 94.1 Å². The third kappa shape index (κ3) is 2.23. The van der Waals surface area contributed by atoms with Crippen molar-refractivity contribution >= 4 is 5.97 Å². The van der Waals surface area contributed by atoms with Gasteiger partial charge in [-0.15, -0.1) is 0 Å². The Morgan fingerprint density at radius 1 is 1.25 bits per heavy atom. The van der Waals surface area contributed by atoms with Crippen molar-refractivity contribution in [2.45, 2.75) is 31.4 Å². The second kappa shape index (κ2) is 4.64. The summed E-state index contributed by atoms with van der Waals surface area (Å²) in [6, 6.07) is 9.56. The number of hydrogen-bond donors (Lipinski definition) is 1. The molecule has 1 aromatic rings. The van der Waals surface area contributed by atoms with Gasteiger partial charge in [-0.2, -0.15) is 0 Å². The first-order chi connectivity index (χ1) is 7.68. The molecule has 2 nitrogen and oxygen atoms in total. The Balaban J connectivity index is 2.22. The highest BCUT2D eigenvalue weighted by Gasteiger charge is 2.35. The van der Waals surface area contributed by atoms with Crippen LogP contribution in [0.3, 0.4) is 0 Å². The molecule has 86 valence electrons. The molecule has 0 aromatic heterocycles. The average molecular weight is 222 g/mol. The van der Waals surface area contributed by atoms with Crippen LogP contribution in [0.2, 0.25) is 0 Å². The van der Waals surface area contributed by atoms with Crippen molar-refractivity contribution in [1.82, 2.24) is 0 Å². The Bertz CT molecular complexity index is 363. The maximum absolute atomic E-state index is 13.2. The van der Waals surface area contributed by atoms with Crippen LogP contribution in [0.1, 0.15) is 30.7 Å². The van der Waals surface area contributed by atoms with E-state index >= 15 is 0 Å². The third-order valence-electron chi connectivity index (χ3n) is 3.33. The zero-order valence-corrected chi connectivity index (χ0v) is 8.97. The molecule has 1 aliphatic carbocycles. The minimum absolute atomic E-state index is 0.0364. The van der Waals surface area contributed by atoms with E-state index in [0.29, 0.717) is 12.8 Å². The smallest absolute Gasteiger partial charge is 0.307 e. The molecular formula is C13H15FO2. The molecule has 1 aromatic carbocycles. The number of carbonyl (C=O) groups is 1. The second-order valence-corrected chi connectivity index (χ2v) is 4.37. The van der Waals surface area contributed by atoms with E-state index in [1.165, 1.54) is 0 Å². The van der Waals surface area contributed by atoms with Crippen LogP contribution in [0, 0.1) is 5.92 Å². The molecule has 3 atom stereocenters. The van der Waals surface area contributed by atoms with E-state index in [1.54, 1.807) is 0 Å². The summed E-state index contributed by atoms with van der Waals surface area (Å²) in [6.45, 7) is 0. The van der Waals surface area contributed by atoms with Crippen LogP contribution in [-0.4, -0.2) is 17.2 Å². The lowest BCUT2D eigenvalue weighted by Crippen LogP contribution is -2.30. The number of aliphatic carboxylic acids is 1. The van der Waals surface area contributed by atoms with Crippen LogP contribution in [0.4, 0.5) is 4.39 Å².